The van der Waals surface area contributed by atoms with Crippen molar-refractivity contribution >= 4 is 11.6 Å². The van der Waals surface area contributed by atoms with Crippen LogP contribution in [0.3, 0.4) is 0 Å². The fourth-order valence-electron chi connectivity index (χ4n) is 4.79. The van der Waals surface area contributed by atoms with Gasteiger partial charge >= 0.3 is 0 Å². The van der Waals surface area contributed by atoms with E-state index < -0.39 is 0 Å². The molecule has 0 radical (unpaired) electrons. The zero-order chi connectivity index (χ0) is 20.6. The highest BCUT2D eigenvalue weighted by Gasteiger charge is 2.57. The van der Waals surface area contributed by atoms with Crippen LogP contribution in [0.15, 0.2) is 66.7 Å². The summed E-state index contributed by atoms with van der Waals surface area (Å²) in [7, 11) is 1.71. The van der Waals surface area contributed by atoms with Gasteiger partial charge < -0.3 is 9.84 Å². The van der Waals surface area contributed by atoms with Crippen molar-refractivity contribution in [1.29, 1.82) is 0 Å². The van der Waals surface area contributed by atoms with Crippen molar-refractivity contribution in [2.24, 2.45) is 11.3 Å². The second kappa shape index (κ2) is 7.76. The first kappa shape index (κ1) is 19.8. The van der Waals surface area contributed by atoms with Crippen LogP contribution in [0.25, 0.3) is 11.1 Å². The number of para-hydroxylation sites is 1. The molecule has 0 aliphatic heterocycles. The van der Waals surface area contributed by atoms with E-state index in [-0.39, 0.29) is 5.41 Å². The number of benzene rings is 3. The molecular formula is C26H27ClO2. The van der Waals surface area contributed by atoms with Crippen molar-refractivity contribution < 1.29 is 9.84 Å². The van der Waals surface area contributed by atoms with Crippen LogP contribution in [-0.4, -0.2) is 12.2 Å². The van der Waals surface area contributed by atoms with Crippen LogP contribution < -0.4 is 4.74 Å². The topological polar surface area (TPSA) is 29.5 Å². The van der Waals surface area contributed by atoms with Gasteiger partial charge in [-0.3, -0.25) is 0 Å². The molecule has 1 aliphatic carbocycles. The maximum atomic E-state index is 10.1. The lowest BCUT2D eigenvalue weighted by atomic mass is 9.99. The van der Waals surface area contributed by atoms with E-state index in [1.807, 2.05) is 36.4 Å². The Labute approximate surface area is 178 Å². The molecule has 0 amide bonds. The SMILES string of the molecule is COc1ccc(Cl)cc1CC[C@@H]1[C@@H](c2ccc(-c3ccccc3O)cc2)C1(C)C. The second-order valence-corrected chi connectivity index (χ2v) is 8.98. The molecule has 3 heteroatoms. The molecule has 0 aromatic heterocycles. The minimum atomic E-state index is 0.280. The third kappa shape index (κ3) is 3.86. The van der Waals surface area contributed by atoms with Gasteiger partial charge in [0.1, 0.15) is 11.5 Å². The Balaban J connectivity index is 1.48. The lowest BCUT2D eigenvalue weighted by Gasteiger charge is -2.09. The normalized spacial score (nSPS) is 19.7. The summed E-state index contributed by atoms with van der Waals surface area (Å²) < 4.78 is 5.50. The predicted molar refractivity (Wildman–Crippen MR) is 120 cm³/mol. The summed E-state index contributed by atoms with van der Waals surface area (Å²) in [4.78, 5) is 0. The molecule has 1 N–H and O–H groups in total. The number of aromatic hydroxyl groups is 1. The third-order valence-corrected chi connectivity index (χ3v) is 6.74. The van der Waals surface area contributed by atoms with E-state index >= 15 is 0 Å². The van der Waals surface area contributed by atoms with Crippen LogP contribution >= 0.6 is 11.6 Å². The van der Waals surface area contributed by atoms with Crippen molar-refractivity contribution in [2.75, 3.05) is 7.11 Å². The van der Waals surface area contributed by atoms with E-state index in [9.17, 15) is 5.11 Å². The molecule has 3 aromatic rings. The summed E-state index contributed by atoms with van der Waals surface area (Å²) in [5, 5.41) is 10.9. The fraction of sp³-hybridized carbons (Fsp3) is 0.308. The van der Waals surface area contributed by atoms with E-state index in [0.717, 1.165) is 34.7 Å². The standard InChI is InChI=1S/C26H27ClO2/c1-26(2)22(14-12-19-16-20(27)13-15-24(19)29-3)25(26)18-10-8-17(9-11-18)21-6-4-5-7-23(21)28/h4-11,13,15-16,22,25,28H,12,14H2,1-3H3/t22-,25-/m1/s1. The zero-order valence-corrected chi connectivity index (χ0v) is 17.9. The van der Waals surface area contributed by atoms with Gasteiger partial charge in [-0.1, -0.05) is 67.9 Å². The van der Waals surface area contributed by atoms with Crippen LogP contribution in [0.2, 0.25) is 5.02 Å². The summed E-state index contributed by atoms with van der Waals surface area (Å²) in [6.07, 6.45) is 2.07. The number of phenols is 1. The van der Waals surface area contributed by atoms with Gasteiger partial charge in [-0.05, 0) is 71.0 Å². The molecule has 0 heterocycles. The van der Waals surface area contributed by atoms with Crippen LogP contribution in [0.4, 0.5) is 0 Å². The molecule has 1 fully saturated rings. The number of rotatable bonds is 6. The van der Waals surface area contributed by atoms with Gasteiger partial charge in [0.2, 0.25) is 0 Å². The molecule has 0 unspecified atom stereocenters. The summed E-state index contributed by atoms with van der Waals surface area (Å²) in [5.74, 6) is 2.41. The maximum absolute atomic E-state index is 10.1. The molecule has 150 valence electrons. The van der Waals surface area contributed by atoms with Gasteiger partial charge in [0, 0.05) is 10.6 Å². The molecule has 4 rings (SSSR count). The average molecular weight is 407 g/mol. The lowest BCUT2D eigenvalue weighted by molar-refractivity contribution is 0.407. The average Bonchev–Trinajstić information content (AvgIpc) is 3.27. The molecule has 2 nitrogen and oxygen atoms in total. The summed E-state index contributed by atoms with van der Waals surface area (Å²) in [5.41, 5.74) is 4.75. The zero-order valence-electron chi connectivity index (χ0n) is 17.2. The minimum absolute atomic E-state index is 0.280. The molecule has 29 heavy (non-hydrogen) atoms. The van der Waals surface area contributed by atoms with Crippen molar-refractivity contribution in [1.82, 2.24) is 0 Å². The van der Waals surface area contributed by atoms with Gasteiger partial charge in [-0.2, -0.15) is 0 Å². The highest BCUT2D eigenvalue weighted by Crippen LogP contribution is 2.66. The van der Waals surface area contributed by atoms with Crippen molar-refractivity contribution in [3.8, 4) is 22.6 Å². The van der Waals surface area contributed by atoms with Crippen LogP contribution in [0.5, 0.6) is 11.5 Å². The van der Waals surface area contributed by atoms with Gasteiger partial charge in [-0.15, -0.1) is 0 Å². The number of aryl methyl sites for hydroxylation is 1. The molecule has 2 atom stereocenters. The largest absolute Gasteiger partial charge is 0.507 e. The Bertz CT molecular complexity index is 1010. The Hall–Kier alpha value is -2.45. The first-order valence-electron chi connectivity index (χ1n) is 10.1. The molecule has 1 aliphatic rings. The van der Waals surface area contributed by atoms with E-state index in [4.69, 9.17) is 16.3 Å². The Morgan fingerprint density at radius 1 is 1.00 bits per heavy atom. The molecule has 3 aromatic carbocycles. The third-order valence-electron chi connectivity index (χ3n) is 6.50. The van der Waals surface area contributed by atoms with Gasteiger partial charge in [-0.25, -0.2) is 0 Å². The molecular weight excluding hydrogens is 380 g/mol. The molecule has 0 spiro atoms. The van der Waals surface area contributed by atoms with E-state index in [1.54, 1.807) is 13.2 Å². The van der Waals surface area contributed by atoms with Crippen molar-refractivity contribution in [3.63, 3.8) is 0 Å². The Morgan fingerprint density at radius 2 is 1.72 bits per heavy atom. The first-order valence-corrected chi connectivity index (χ1v) is 10.5. The smallest absolute Gasteiger partial charge is 0.123 e. The molecule has 0 saturated heterocycles. The number of hydrogen-bond acceptors (Lipinski definition) is 2. The molecule has 1 saturated carbocycles. The van der Waals surface area contributed by atoms with Crippen LogP contribution in [0, 0.1) is 11.3 Å². The number of phenolic OH excluding ortho intramolecular Hbond substituents is 1. The highest BCUT2D eigenvalue weighted by atomic mass is 35.5. The molecule has 0 bridgehead atoms. The summed E-state index contributed by atoms with van der Waals surface area (Å²) in [6, 6.07) is 22.0. The van der Waals surface area contributed by atoms with E-state index in [1.165, 1.54) is 11.1 Å². The van der Waals surface area contributed by atoms with Crippen molar-refractivity contribution in [3.05, 3.63) is 82.9 Å². The van der Waals surface area contributed by atoms with E-state index in [2.05, 4.69) is 38.1 Å². The number of hydrogen-bond donors (Lipinski definition) is 1. The number of ether oxygens (including phenoxy) is 1. The van der Waals surface area contributed by atoms with E-state index in [0.29, 0.717) is 17.6 Å². The van der Waals surface area contributed by atoms with Crippen LogP contribution in [0.1, 0.15) is 37.3 Å². The summed E-state index contributed by atoms with van der Waals surface area (Å²) >= 11 is 6.19. The number of methoxy groups -OCH3 is 1. The fourth-order valence-corrected chi connectivity index (χ4v) is 4.98. The van der Waals surface area contributed by atoms with Crippen LogP contribution in [-0.2, 0) is 6.42 Å². The maximum Gasteiger partial charge on any atom is 0.123 e. The monoisotopic (exact) mass is 406 g/mol. The Morgan fingerprint density at radius 3 is 2.41 bits per heavy atom. The predicted octanol–water partition coefficient (Wildman–Crippen LogP) is 7.09. The van der Waals surface area contributed by atoms with Gasteiger partial charge in [0.25, 0.3) is 0 Å². The second-order valence-electron chi connectivity index (χ2n) is 8.54. The number of halogens is 1. The highest BCUT2D eigenvalue weighted by molar-refractivity contribution is 6.30. The summed E-state index contributed by atoms with van der Waals surface area (Å²) in [6.45, 7) is 4.71. The van der Waals surface area contributed by atoms with Gasteiger partial charge in [0.05, 0.1) is 7.11 Å². The van der Waals surface area contributed by atoms with Gasteiger partial charge in [0.15, 0.2) is 0 Å². The minimum Gasteiger partial charge on any atom is -0.507 e. The quantitative estimate of drug-likeness (QED) is 0.473. The first-order chi connectivity index (χ1) is 13.9. The lowest BCUT2D eigenvalue weighted by Crippen LogP contribution is -1.96. The Kier molecular flexibility index (Phi) is 5.31. The van der Waals surface area contributed by atoms with Crippen molar-refractivity contribution in [2.45, 2.75) is 32.6 Å².